The quantitative estimate of drug-likeness (QED) is 0.556. The van der Waals surface area contributed by atoms with Gasteiger partial charge in [-0.05, 0) is 13.3 Å². The first-order valence-electron chi connectivity index (χ1n) is 6.83. The molecular formula is C15H24N4. The van der Waals surface area contributed by atoms with Crippen LogP contribution in [0.3, 0.4) is 0 Å². The molecule has 0 bridgehead atoms. The highest BCUT2D eigenvalue weighted by atomic mass is 15.1. The van der Waals surface area contributed by atoms with Crippen molar-refractivity contribution >= 4 is 11.8 Å². The molecule has 0 saturated heterocycles. The lowest BCUT2D eigenvalue weighted by Gasteiger charge is -2.11. The maximum absolute atomic E-state index is 5.65. The van der Waals surface area contributed by atoms with E-state index in [-0.39, 0.29) is 0 Å². The van der Waals surface area contributed by atoms with E-state index < -0.39 is 0 Å². The standard InChI is InChI=1S/C15H24N4/c1-4-6-7-9-17-14-13(10-12(3)8-5-2)11-18-15(16)19-14/h5,8,11H,3-4,6-7,9-10H2,1-2H3,(H3,16,17,18,19)/b8-5-. The minimum Gasteiger partial charge on any atom is -0.370 e. The van der Waals surface area contributed by atoms with Crippen molar-refractivity contribution in [2.24, 2.45) is 0 Å². The number of aromatic nitrogens is 2. The van der Waals surface area contributed by atoms with E-state index in [0.717, 1.165) is 36.3 Å². The van der Waals surface area contributed by atoms with Crippen LogP contribution in [-0.2, 0) is 6.42 Å². The Morgan fingerprint density at radius 2 is 2.26 bits per heavy atom. The van der Waals surface area contributed by atoms with Gasteiger partial charge in [-0.1, -0.05) is 44.1 Å². The topological polar surface area (TPSA) is 63.8 Å². The fourth-order valence-corrected chi connectivity index (χ4v) is 1.82. The van der Waals surface area contributed by atoms with Gasteiger partial charge in [-0.2, -0.15) is 4.98 Å². The second-order valence-corrected chi connectivity index (χ2v) is 4.57. The Morgan fingerprint density at radius 1 is 1.47 bits per heavy atom. The summed E-state index contributed by atoms with van der Waals surface area (Å²) < 4.78 is 0. The van der Waals surface area contributed by atoms with E-state index >= 15 is 0 Å². The summed E-state index contributed by atoms with van der Waals surface area (Å²) in [5.41, 5.74) is 7.72. The summed E-state index contributed by atoms with van der Waals surface area (Å²) in [6.07, 6.45) is 10.0. The van der Waals surface area contributed by atoms with Crippen molar-refractivity contribution < 1.29 is 0 Å². The van der Waals surface area contributed by atoms with Gasteiger partial charge in [0.2, 0.25) is 5.95 Å². The van der Waals surface area contributed by atoms with Crippen molar-refractivity contribution in [3.63, 3.8) is 0 Å². The first-order valence-corrected chi connectivity index (χ1v) is 6.83. The normalized spacial score (nSPS) is 10.8. The largest absolute Gasteiger partial charge is 0.370 e. The molecule has 4 heteroatoms. The zero-order chi connectivity index (χ0) is 14.1. The van der Waals surface area contributed by atoms with Crippen molar-refractivity contribution in [3.05, 3.63) is 36.1 Å². The van der Waals surface area contributed by atoms with Crippen molar-refractivity contribution in [1.29, 1.82) is 0 Å². The summed E-state index contributed by atoms with van der Waals surface area (Å²) in [5.74, 6) is 1.13. The van der Waals surface area contributed by atoms with Gasteiger partial charge < -0.3 is 11.1 Å². The number of nitrogen functional groups attached to an aromatic ring is 1. The maximum Gasteiger partial charge on any atom is 0.221 e. The van der Waals surface area contributed by atoms with Gasteiger partial charge in [-0.3, -0.25) is 0 Å². The van der Waals surface area contributed by atoms with Crippen LogP contribution in [0.15, 0.2) is 30.5 Å². The number of rotatable bonds is 8. The number of hydrogen-bond donors (Lipinski definition) is 2. The molecule has 0 saturated carbocycles. The molecule has 0 aliphatic carbocycles. The average molecular weight is 260 g/mol. The predicted octanol–water partition coefficient (Wildman–Crippen LogP) is 3.34. The zero-order valence-corrected chi connectivity index (χ0v) is 11.9. The first-order chi connectivity index (χ1) is 9.17. The van der Waals surface area contributed by atoms with E-state index in [1.807, 2.05) is 19.1 Å². The summed E-state index contributed by atoms with van der Waals surface area (Å²) in [6.45, 7) is 9.09. The summed E-state index contributed by atoms with van der Waals surface area (Å²) in [6, 6.07) is 0. The Bertz CT molecular complexity index is 438. The molecule has 0 aromatic carbocycles. The van der Waals surface area contributed by atoms with Crippen molar-refractivity contribution in [2.75, 3.05) is 17.6 Å². The number of hydrogen-bond acceptors (Lipinski definition) is 4. The molecule has 3 N–H and O–H groups in total. The molecule has 0 aliphatic rings. The molecule has 104 valence electrons. The molecule has 0 atom stereocenters. The van der Waals surface area contributed by atoms with Crippen molar-refractivity contribution in [2.45, 2.75) is 39.5 Å². The van der Waals surface area contributed by atoms with Crippen LogP contribution in [0.25, 0.3) is 0 Å². The summed E-state index contributed by atoms with van der Waals surface area (Å²) in [7, 11) is 0. The zero-order valence-electron chi connectivity index (χ0n) is 11.9. The number of unbranched alkanes of at least 4 members (excludes halogenated alkanes) is 2. The molecule has 4 nitrogen and oxygen atoms in total. The van der Waals surface area contributed by atoms with Crippen LogP contribution >= 0.6 is 0 Å². The first kappa shape index (κ1) is 15.2. The Hall–Kier alpha value is -1.84. The van der Waals surface area contributed by atoms with E-state index in [2.05, 4.69) is 28.8 Å². The van der Waals surface area contributed by atoms with Gasteiger partial charge in [0.1, 0.15) is 5.82 Å². The Balaban J connectivity index is 2.70. The number of nitrogens with two attached hydrogens (primary N) is 1. The Kier molecular flexibility index (Phi) is 6.64. The Morgan fingerprint density at radius 3 is 2.95 bits per heavy atom. The third-order valence-corrected chi connectivity index (χ3v) is 2.78. The van der Waals surface area contributed by atoms with E-state index in [9.17, 15) is 0 Å². The third kappa shape index (κ3) is 5.55. The van der Waals surface area contributed by atoms with Gasteiger partial charge >= 0.3 is 0 Å². The van der Waals surface area contributed by atoms with Gasteiger partial charge in [0.25, 0.3) is 0 Å². The van der Waals surface area contributed by atoms with Crippen molar-refractivity contribution in [1.82, 2.24) is 9.97 Å². The third-order valence-electron chi connectivity index (χ3n) is 2.78. The number of nitrogens with zero attached hydrogens (tertiary/aromatic N) is 2. The van der Waals surface area contributed by atoms with E-state index in [4.69, 9.17) is 5.73 Å². The highest BCUT2D eigenvalue weighted by Crippen LogP contribution is 2.17. The second-order valence-electron chi connectivity index (χ2n) is 4.57. The minimum atomic E-state index is 0.304. The molecule has 19 heavy (non-hydrogen) atoms. The summed E-state index contributed by atoms with van der Waals surface area (Å²) in [5, 5.41) is 3.34. The fourth-order valence-electron chi connectivity index (χ4n) is 1.82. The summed E-state index contributed by atoms with van der Waals surface area (Å²) in [4.78, 5) is 8.33. The van der Waals surface area contributed by atoms with Crippen LogP contribution in [0.1, 0.15) is 38.7 Å². The van der Waals surface area contributed by atoms with Crippen LogP contribution in [0.5, 0.6) is 0 Å². The molecule has 1 aromatic heterocycles. The molecule has 1 rings (SSSR count). The van der Waals surface area contributed by atoms with Gasteiger partial charge in [0, 0.05) is 24.7 Å². The van der Waals surface area contributed by atoms with Gasteiger partial charge in [-0.25, -0.2) is 4.98 Å². The van der Waals surface area contributed by atoms with Crippen molar-refractivity contribution in [3.8, 4) is 0 Å². The number of anilines is 2. The predicted molar refractivity (Wildman–Crippen MR) is 82.1 cm³/mol. The van der Waals surface area contributed by atoms with Gasteiger partial charge in [0.05, 0.1) is 0 Å². The van der Waals surface area contributed by atoms with Crippen LogP contribution in [0, 0.1) is 0 Å². The highest BCUT2D eigenvalue weighted by Gasteiger charge is 2.06. The van der Waals surface area contributed by atoms with E-state index in [0.29, 0.717) is 5.95 Å². The number of nitrogens with one attached hydrogen (secondary N) is 1. The molecule has 0 amide bonds. The monoisotopic (exact) mass is 260 g/mol. The molecule has 0 aliphatic heterocycles. The SMILES string of the molecule is C=C(/C=C\C)Cc1cnc(N)nc1NCCCCC. The minimum absolute atomic E-state index is 0.304. The van der Waals surface area contributed by atoms with Crippen LogP contribution in [0.2, 0.25) is 0 Å². The molecule has 1 aromatic rings. The van der Waals surface area contributed by atoms with Gasteiger partial charge in [0.15, 0.2) is 0 Å². The lowest BCUT2D eigenvalue weighted by Crippen LogP contribution is -2.09. The lowest BCUT2D eigenvalue weighted by atomic mass is 10.1. The maximum atomic E-state index is 5.65. The second kappa shape index (κ2) is 8.29. The van der Waals surface area contributed by atoms with Crippen LogP contribution < -0.4 is 11.1 Å². The molecule has 0 fully saturated rings. The number of allylic oxidation sites excluding steroid dienone is 3. The van der Waals surface area contributed by atoms with Crippen LogP contribution in [0.4, 0.5) is 11.8 Å². The highest BCUT2D eigenvalue weighted by molar-refractivity contribution is 5.48. The Labute approximate surface area is 115 Å². The van der Waals surface area contributed by atoms with E-state index in [1.54, 1.807) is 6.20 Å². The molecule has 0 spiro atoms. The molecule has 0 unspecified atom stereocenters. The molecule has 0 radical (unpaired) electrons. The summed E-state index contributed by atoms with van der Waals surface area (Å²) >= 11 is 0. The smallest absolute Gasteiger partial charge is 0.221 e. The molecule has 1 heterocycles. The van der Waals surface area contributed by atoms with E-state index in [1.165, 1.54) is 12.8 Å². The molecular weight excluding hydrogens is 236 g/mol. The average Bonchev–Trinajstić information content (AvgIpc) is 2.38. The van der Waals surface area contributed by atoms with Crippen LogP contribution in [-0.4, -0.2) is 16.5 Å². The lowest BCUT2D eigenvalue weighted by molar-refractivity contribution is 0.741. The van der Waals surface area contributed by atoms with Gasteiger partial charge in [-0.15, -0.1) is 0 Å². The fraction of sp³-hybridized carbons (Fsp3) is 0.467.